The number of nitrogens with zero attached hydrogens (tertiary/aromatic N) is 4. The van der Waals surface area contributed by atoms with E-state index in [1.807, 2.05) is 48.2 Å². The maximum atomic E-state index is 12.9. The number of para-hydroxylation sites is 1. The molecule has 1 amide bonds. The zero-order valence-electron chi connectivity index (χ0n) is 16.7. The van der Waals surface area contributed by atoms with Crippen LogP contribution in [0, 0.1) is 6.92 Å². The number of ether oxygens (including phenoxy) is 2. The van der Waals surface area contributed by atoms with E-state index in [1.165, 1.54) is 0 Å². The summed E-state index contributed by atoms with van der Waals surface area (Å²) in [7, 11) is 0. The molecule has 5 rings (SSSR count). The highest BCUT2D eigenvalue weighted by molar-refractivity contribution is 5.98. The first-order valence-electron chi connectivity index (χ1n) is 9.98. The second-order valence-corrected chi connectivity index (χ2v) is 7.43. The Morgan fingerprint density at radius 1 is 1.03 bits per heavy atom. The molecule has 1 aromatic heterocycles. The van der Waals surface area contributed by atoms with Gasteiger partial charge in [0, 0.05) is 31.7 Å². The van der Waals surface area contributed by atoms with Crippen molar-refractivity contribution in [2.24, 2.45) is 0 Å². The van der Waals surface area contributed by atoms with Gasteiger partial charge in [-0.3, -0.25) is 9.69 Å². The highest BCUT2D eigenvalue weighted by atomic mass is 16.7. The van der Waals surface area contributed by atoms with Crippen LogP contribution >= 0.6 is 0 Å². The molecule has 0 radical (unpaired) electrons. The Kier molecular flexibility index (Phi) is 4.84. The summed E-state index contributed by atoms with van der Waals surface area (Å²) in [4.78, 5) is 21.6. The maximum Gasteiger partial charge on any atom is 0.257 e. The number of aromatic nitrogens is 2. The normalized spacial score (nSPS) is 16.1. The third-order valence-corrected chi connectivity index (χ3v) is 5.50. The van der Waals surface area contributed by atoms with Crippen molar-refractivity contribution in [3.63, 3.8) is 0 Å². The second-order valence-electron chi connectivity index (χ2n) is 7.43. The van der Waals surface area contributed by atoms with Crippen molar-refractivity contribution in [1.29, 1.82) is 0 Å². The van der Waals surface area contributed by atoms with Crippen molar-refractivity contribution >= 4 is 5.91 Å². The maximum absolute atomic E-state index is 12.9. The molecule has 0 spiro atoms. The predicted octanol–water partition coefficient (Wildman–Crippen LogP) is 2.73. The van der Waals surface area contributed by atoms with E-state index in [2.05, 4.69) is 15.0 Å². The molecule has 0 atom stereocenters. The zero-order valence-corrected chi connectivity index (χ0v) is 16.7. The summed E-state index contributed by atoms with van der Waals surface area (Å²) in [6.07, 6.45) is 0. The summed E-state index contributed by atoms with van der Waals surface area (Å²) in [6, 6.07) is 13.4. The fourth-order valence-electron chi connectivity index (χ4n) is 3.82. The Morgan fingerprint density at radius 3 is 2.70 bits per heavy atom. The number of benzene rings is 2. The molecule has 0 bridgehead atoms. The average Bonchev–Trinajstić information content (AvgIpc) is 3.43. The van der Waals surface area contributed by atoms with Gasteiger partial charge in [0.05, 0.1) is 12.1 Å². The topological polar surface area (TPSA) is 80.9 Å². The van der Waals surface area contributed by atoms with Crippen molar-refractivity contribution in [1.82, 2.24) is 19.9 Å². The molecule has 0 N–H and O–H groups in total. The molecule has 3 aromatic rings. The molecule has 0 unspecified atom stereocenters. The Bertz CT molecular complexity index is 1070. The van der Waals surface area contributed by atoms with Crippen molar-refractivity contribution in [2.45, 2.75) is 13.5 Å². The minimum absolute atomic E-state index is 0.0309. The minimum atomic E-state index is -0.0309. The fraction of sp³-hybridized carbons (Fsp3) is 0.318. The van der Waals surface area contributed by atoms with Crippen LogP contribution in [-0.4, -0.2) is 58.8 Å². The standard InChI is InChI=1S/C22H22N4O4/c1-15-5-2-3-6-16(15)21-23-19(30-24-21)13-25-9-11-26(12-10-25)22(27)17-7-4-8-18-20(17)29-14-28-18/h2-8H,9-14H2,1H3. The van der Waals surface area contributed by atoms with Gasteiger partial charge in [-0.2, -0.15) is 4.98 Å². The van der Waals surface area contributed by atoms with Crippen LogP contribution in [0.2, 0.25) is 0 Å². The van der Waals surface area contributed by atoms with Gasteiger partial charge < -0.3 is 18.9 Å². The highest BCUT2D eigenvalue weighted by Gasteiger charge is 2.28. The second kappa shape index (κ2) is 7.79. The predicted molar refractivity (Wildman–Crippen MR) is 108 cm³/mol. The highest BCUT2D eigenvalue weighted by Crippen LogP contribution is 2.36. The number of rotatable bonds is 4. The third-order valence-electron chi connectivity index (χ3n) is 5.50. The Labute approximate surface area is 174 Å². The van der Waals surface area contributed by atoms with Gasteiger partial charge in [0.2, 0.25) is 18.5 Å². The summed E-state index contributed by atoms with van der Waals surface area (Å²) in [5.41, 5.74) is 2.64. The van der Waals surface area contributed by atoms with E-state index >= 15 is 0 Å². The SMILES string of the molecule is Cc1ccccc1-c1noc(CN2CCN(C(=O)c3cccc4c3OCO4)CC2)n1. The van der Waals surface area contributed by atoms with Crippen molar-refractivity contribution in [3.05, 3.63) is 59.5 Å². The van der Waals surface area contributed by atoms with E-state index in [1.54, 1.807) is 6.07 Å². The van der Waals surface area contributed by atoms with E-state index in [4.69, 9.17) is 14.0 Å². The van der Waals surface area contributed by atoms with E-state index in [-0.39, 0.29) is 12.7 Å². The Hall–Kier alpha value is -3.39. The molecule has 0 saturated carbocycles. The number of piperazine rings is 1. The first-order valence-corrected chi connectivity index (χ1v) is 9.98. The average molecular weight is 406 g/mol. The molecular formula is C22H22N4O4. The summed E-state index contributed by atoms with van der Waals surface area (Å²) >= 11 is 0. The molecular weight excluding hydrogens is 384 g/mol. The largest absolute Gasteiger partial charge is 0.454 e. The number of hydrogen-bond acceptors (Lipinski definition) is 7. The van der Waals surface area contributed by atoms with E-state index in [9.17, 15) is 4.79 Å². The lowest BCUT2D eigenvalue weighted by atomic mass is 10.1. The zero-order chi connectivity index (χ0) is 20.5. The van der Waals surface area contributed by atoms with Gasteiger partial charge in [-0.05, 0) is 24.6 Å². The molecule has 30 heavy (non-hydrogen) atoms. The Morgan fingerprint density at radius 2 is 1.87 bits per heavy atom. The number of hydrogen-bond donors (Lipinski definition) is 0. The lowest BCUT2D eigenvalue weighted by Gasteiger charge is -2.34. The van der Waals surface area contributed by atoms with Crippen molar-refractivity contribution < 1.29 is 18.8 Å². The molecule has 3 heterocycles. The number of carbonyl (C=O) groups is 1. The number of carbonyl (C=O) groups excluding carboxylic acids is 1. The lowest BCUT2D eigenvalue weighted by molar-refractivity contribution is 0.0611. The number of aryl methyl sites for hydroxylation is 1. The van der Waals surface area contributed by atoms with Crippen LogP contribution in [0.5, 0.6) is 11.5 Å². The van der Waals surface area contributed by atoms with Gasteiger partial charge in [0.15, 0.2) is 11.5 Å². The minimum Gasteiger partial charge on any atom is -0.454 e. The van der Waals surface area contributed by atoms with E-state index in [0.717, 1.165) is 24.2 Å². The first-order chi connectivity index (χ1) is 14.7. The molecule has 2 aliphatic heterocycles. The van der Waals surface area contributed by atoms with Crippen LogP contribution in [0.3, 0.4) is 0 Å². The third kappa shape index (κ3) is 3.50. The lowest BCUT2D eigenvalue weighted by Crippen LogP contribution is -2.48. The molecule has 154 valence electrons. The van der Waals surface area contributed by atoms with Crippen LogP contribution in [-0.2, 0) is 6.54 Å². The molecule has 1 fully saturated rings. The number of fused-ring (bicyclic) bond motifs is 1. The van der Waals surface area contributed by atoms with Crippen LogP contribution in [0.1, 0.15) is 21.8 Å². The van der Waals surface area contributed by atoms with Crippen molar-refractivity contribution in [2.75, 3.05) is 33.0 Å². The van der Waals surface area contributed by atoms with Gasteiger partial charge in [-0.15, -0.1) is 0 Å². The molecule has 0 aliphatic carbocycles. The van der Waals surface area contributed by atoms with Gasteiger partial charge in [0.1, 0.15) is 0 Å². The first kappa shape index (κ1) is 18.6. The smallest absolute Gasteiger partial charge is 0.257 e. The van der Waals surface area contributed by atoms with E-state index < -0.39 is 0 Å². The fourth-order valence-corrected chi connectivity index (χ4v) is 3.82. The van der Waals surface area contributed by atoms with Crippen LogP contribution in [0.25, 0.3) is 11.4 Å². The Balaban J connectivity index is 1.21. The molecule has 2 aliphatic rings. The van der Waals surface area contributed by atoms with Gasteiger partial charge in [-0.1, -0.05) is 35.5 Å². The van der Waals surface area contributed by atoms with Gasteiger partial charge >= 0.3 is 0 Å². The van der Waals surface area contributed by atoms with Crippen LogP contribution in [0.4, 0.5) is 0 Å². The monoisotopic (exact) mass is 406 g/mol. The van der Waals surface area contributed by atoms with Gasteiger partial charge in [-0.25, -0.2) is 0 Å². The molecule has 8 heteroatoms. The summed E-state index contributed by atoms with van der Waals surface area (Å²) in [5, 5.41) is 4.13. The summed E-state index contributed by atoms with van der Waals surface area (Å²) in [6.45, 7) is 5.48. The summed E-state index contributed by atoms with van der Waals surface area (Å²) < 4.78 is 16.3. The quantitative estimate of drug-likeness (QED) is 0.659. The van der Waals surface area contributed by atoms with Crippen molar-refractivity contribution in [3.8, 4) is 22.9 Å². The van der Waals surface area contributed by atoms with Crippen LogP contribution in [0.15, 0.2) is 47.0 Å². The molecule has 2 aromatic carbocycles. The molecule has 1 saturated heterocycles. The van der Waals surface area contributed by atoms with Crippen LogP contribution < -0.4 is 9.47 Å². The van der Waals surface area contributed by atoms with E-state index in [0.29, 0.717) is 48.4 Å². The van der Waals surface area contributed by atoms with Gasteiger partial charge in [0.25, 0.3) is 5.91 Å². The molecule has 8 nitrogen and oxygen atoms in total. The number of amides is 1. The summed E-state index contributed by atoms with van der Waals surface area (Å²) in [5.74, 6) is 2.33.